The fourth-order valence-electron chi connectivity index (χ4n) is 4.84. The van der Waals surface area contributed by atoms with Crippen LogP contribution in [0.1, 0.15) is 34.6 Å². The average Bonchev–Trinajstić information content (AvgIpc) is 2.84. The minimum Gasteiger partial charge on any atom is -0.497 e. The Morgan fingerprint density at radius 1 is 1.03 bits per heavy atom. The lowest BCUT2D eigenvalue weighted by molar-refractivity contribution is -0.127. The summed E-state index contributed by atoms with van der Waals surface area (Å²) >= 11 is 0. The highest BCUT2D eigenvalue weighted by molar-refractivity contribution is 5.79. The molecule has 1 fully saturated rings. The Hall–Kier alpha value is -3.18. The normalized spacial score (nSPS) is 18.4. The molecule has 4 rings (SSSR count). The van der Waals surface area contributed by atoms with Gasteiger partial charge >= 0.3 is 0 Å². The number of hydrogen-bond acceptors (Lipinski definition) is 3. The molecule has 0 spiro atoms. The van der Waals surface area contributed by atoms with Gasteiger partial charge in [0, 0.05) is 26.2 Å². The summed E-state index contributed by atoms with van der Waals surface area (Å²) in [5.41, 5.74) is 4.58. The first-order valence-corrected chi connectivity index (χ1v) is 11.9. The van der Waals surface area contributed by atoms with Crippen molar-refractivity contribution >= 4 is 5.91 Å². The second-order valence-electron chi connectivity index (χ2n) is 9.26. The van der Waals surface area contributed by atoms with Crippen molar-refractivity contribution in [2.45, 2.75) is 32.2 Å². The molecular formula is C29H33FN2O2. The molecule has 3 aromatic rings. The van der Waals surface area contributed by atoms with E-state index in [-0.39, 0.29) is 23.6 Å². The van der Waals surface area contributed by atoms with E-state index in [4.69, 9.17) is 4.74 Å². The molecule has 178 valence electrons. The first-order chi connectivity index (χ1) is 16.5. The summed E-state index contributed by atoms with van der Waals surface area (Å²) in [7, 11) is 1.65. The molecule has 1 N–H and O–H groups in total. The molecule has 1 aliphatic heterocycles. The number of halogens is 1. The number of nitrogens with one attached hydrogen (secondary N) is 1. The van der Waals surface area contributed by atoms with Crippen LogP contribution in [0.25, 0.3) is 0 Å². The number of benzene rings is 3. The van der Waals surface area contributed by atoms with Gasteiger partial charge in [-0.3, -0.25) is 9.69 Å². The maximum atomic E-state index is 13.7. The van der Waals surface area contributed by atoms with Crippen LogP contribution in [-0.2, 0) is 17.8 Å². The zero-order valence-corrected chi connectivity index (χ0v) is 20.0. The number of methoxy groups -OCH3 is 1. The Kier molecular flexibility index (Phi) is 7.96. The third-order valence-electron chi connectivity index (χ3n) is 6.58. The van der Waals surface area contributed by atoms with E-state index < -0.39 is 0 Å². The fraction of sp³-hybridized carbons (Fsp3) is 0.345. The number of hydrogen-bond donors (Lipinski definition) is 1. The predicted molar refractivity (Wildman–Crippen MR) is 133 cm³/mol. The summed E-state index contributed by atoms with van der Waals surface area (Å²) in [6, 6.07) is 23.2. The molecule has 0 saturated carbocycles. The van der Waals surface area contributed by atoms with Crippen molar-refractivity contribution < 1.29 is 13.9 Å². The Morgan fingerprint density at radius 2 is 1.82 bits per heavy atom. The molecule has 2 unspecified atom stereocenters. The van der Waals surface area contributed by atoms with E-state index in [2.05, 4.69) is 41.4 Å². The first kappa shape index (κ1) is 24.0. The second kappa shape index (κ2) is 11.3. The molecule has 0 radical (unpaired) electrons. The summed E-state index contributed by atoms with van der Waals surface area (Å²) in [5, 5.41) is 3.15. The van der Waals surface area contributed by atoms with Crippen molar-refractivity contribution in [2.75, 3.05) is 26.7 Å². The molecule has 34 heavy (non-hydrogen) atoms. The third-order valence-corrected chi connectivity index (χ3v) is 6.58. The highest BCUT2D eigenvalue weighted by Crippen LogP contribution is 2.32. The van der Waals surface area contributed by atoms with Crippen LogP contribution in [0, 0.1) is 18.7 Å². The number of rotatable bonds is 8. The van der Waals surface area contributed by atoms with Crippen LogP contribution in [0.2, 0.25) is 0 Å². The predicted octanol–water partition coefficient (Wildman–Crippen LogP) is 5.11. The number of ether oxygens (including phenoxy) is 1. The molecule has 0 aliphatic carbocycles. The van der Waals surface area contributed by atoms with Gasteiger partial charge in [-0.1, -0.05) is 54.1 Å². The van der Waals surface area contributed by atoms with Gasteiger partial charge in [0.15, 0.2) is 0 Å². The van der Waals surface area contributed by atoms with Gasteiger partial charge in [0.2, 0.25) is 5.91 Å². The van der Waals surface area contributed by atoms with Crippen molar-refractivity contribution in [2.24, 2.45) is 5.92 Å². The van der Waals surface area contributed by atoms with E-state index in [0.717, 1.165) is 36.3 Å². The first-order valence-electron chi connectivity index (χ1n) is 11.9. The Labute approximate surface area is 201 Å². The van der Waals surface area contributed by atoms with E-state index in [1.807, 2.05) is 30.3 Å². The molecule has 5 heteroatoms. The van der Waals surface area contributed by atoms with Crippen molar-refractivity contribution in [3.05, 3.63) is 101 Å². The number of carbonyl (C=O) groups is 1. The molecule has 0 bridgehead atoms. The van der Waals surface area contributed by atoms with E-state index in [1.54, 1.807) is 19.2 Å². The fourth-order valence-corrected chi connectivity index (χ4v) is 4.84. The second-order valence-corrected chi connectivity index (χ2v) is 9.26. The number of amides is 1. The van der Waals surface area contributed by atoms with Crippen LogP contribution in [0.5, 0.6) is 5.75 Å². The van der Waals surface area contributed by atoms with Gasteiger partial charge in [-0.2, -0.15) is 0 Å². The van der Waals surface area contributed by atoms with Gasteiger partial charge in [0.05, 0.1) is 13.0 Å². The standard InChI is InChI=1S/C29H33FN2O2/c1-21-5-3-7-24(15-21)25-17-26(20-32(19-25)18-23-6-4-8-27(30)16-23)29(33)31-14-13-22-9-11-28(34-2)12-10-22/h3-12,15-16,25-26H,13-14,17-20H2,1-2H3,(H,31,33). The molecular weight excluding hydrogens is 427 g/mol. The summed E-state index contributed by atoms with van der Waals surface area (Å²) in [4.78, 5) is 15.5. The summed E-state index contributed by atoms with van der Waals surface area (Å²) in [6.45, 7) is 4.86. The smallest absolute Gasteiger partial charge is 0.224 e. The lowest BCUT2D eigenvalue weighted by Gasteiger charge is -2.37. The molecule has 3 aromatic carbocycles. The molecule has 1 aliphatic rings. The van der Waals surface area contributed by atoms with Gasteiger partial charge in [-0.25, -0.2) is 4.39 Å². The number of likely N-dealkylation sites (tertiary alicyclic amines) is 1. The van der Waals surface area contributed by atoms with Gasteiger partial charge in [0.25, 0.3) is 0 Å². The van der Waals surface area contributed by atoms with Crippen LogP contribution in [0.4, 0.5) is 4.39 Å². The molecule has 1 heterocycles. The molecule has 0 aromatic heterocycles. The maximum Gasteiger partial charge on any atom is 0.224 e. The van der Waals surface area contributed by atoms with Crippen LogP contribution in [0.3, 0.4) is 0 Å². The SMILES string of the molecule is COc1ccc(CCNC(=O)C2CC(c3cccc(C)c3)CN(Cc3cccc(F)c3)C2)cc1. The minimum absolute atomic E-state index is 0.0927. The molecule has 4 nitrogen and oxygen atoms in total. The lowest BCUT2D eigenvalue weighted by atomic mass is 9.83. The van der Waals surface area contributed by atoms with Crippen LogP contribution >= 0.6 is 0 Å². The van der Waals surface area contributed by atoms with Crippen molar-refractivity contribution in [3.8, 4) is 5.75 Å². The summed E-state index contributed by atoms with van der Waals surface area (Å²) in [6.07, 6.45) is 1.59. The quantitative estimate of drug-likeness (QED) is 0.508. The van der Waals surface area contributed by atoms with Crippen LogP contribution in [-0.4, -0.2) is 37.6 Å². The minimum atomic E-state index is -0.224. The Morgan fingerprint density at radius 3 is 2.56 bits per heavy atom. The molecule has 2 atom stereocenters. The number of nitrogens with zero attached hydrogens (tertiary/aromatic N) is 1. The molecule has 1 saturated heterocycles. The van der Waals surface area contributed by atoms with Crippen molar-refractivity contribution in [3.63, 3.8) is 0 Å². The summed E-state index contributed by atoms with van der Waals surface area (Å²) in [5.74, 6) is 0.853. The van der Waals surface area contributed by atoms with Gasteiger partial charge in [0.1, 0.15) is 11.6 Å². The topological polar surface area (TPSA) is 41.6 Å². The van der Waals surface area contributed by atoms with Gasteiger partial charge < -0.3 is 10.1 Å². The number of piperidine rings is 1. The Balaban J connectivity index is 1.42. The number of aryl methyl sites for hydroxylation is 1. The van der Waals surface area contributed by atoms with Crippen molar-refractivity contribution in [1.82, 2.24) is 10.2 Å². The van der Waals surface area contributed by atoms with Crippen molar-refractivity contribution in [1.29, 1.82) is 0 Å². The zero-order chi connectivity index (χ0) is 23.9. The van der Waals surface area contributed by atoms with E-state index >= 15 is 0 Å². The van der Waals surface area contributed by atoms with E-state index in [1.165, 1.54) is 17.2 Å². The third kappa shape index (κ3) is 6.45. The highest BCUT2D eigenvalue weighted by Gasteiger charge is 2.32. The van der Waals surface area contributed by atoms with Gasteiger partial charge in [-0.05, 0) is 66.6 Å². The summed E-state index contributed by atoms with van der Waals surface area (Å²) < 4.78 is 19.0. The van der Waals surface area contributed by atoms with E-state index in [9.17, 15) is 9.18 Å². The zero-order valence-electron chi connectivity index (χ0n) is 20.0. The monoisotopic (exact) mass is 460 g/mol. The van der Waals surface area contributed by atoms with Gasteiger partial charge in [-0.15, -0.1) is 0 Å². The Bertz CT molecular complexity index is 1100. The highest BCUT2D eigenvalue weighted by atomic mass is 19.1. The maximum absolute atomic E-state index is 13.7. The van der Waals surface area contributed by atoms with E-state index in [0.29, 0.717) is 19.6 Å². The molecule has 1 amide bonds. The lowest BCUT2D eigenvalue weighted by Crippen LogP contribution is -2.45. The van der Waals surface area contributed by atoms with Crippen LogP contribution in [0.15, 0.2) is 72.8 Å². The average molecular weight is 461 g/mol. The number of carbonyl (C=O) groups excluding carboxylic acids is 1. The largest absolute Gasteiger partial charge is 0.497 e. The van der Waals surface area contributed by atoms with Crippen LogP contribution < -0.4 is 10.1 Å².